The zero-order chi connectivity index (χ0) is 15.4. The van der Waals surface area contributed by atoms with Gasteiger partial charge in [-0.05, 0) is 36.8 Å². The van der Waals surface area contributed by atoms with E-state index in [4.69, 9.17) is 4.74 Å². The summed E-state index contributed by atoms with van der Waals surface area (Å²) >= 11 is 0. The molecule has 0 unspecified atom stereocenters. The lowest BCUT2D eigenvalue weighted by Gasteiger charge is -2.38. The third-order valence-corrected chi connectivity index (χ3v) is 4.63. The Kier molecular flexibility index (Phi) is 4.78. The van der Waals surface area contributed by atoms with Crippen molar-refractivity contribution in [3.05, 3.63) is 47.7 Å². The van der Waals surface area contributed by atoms with Crippen LogP contribution >= 0.6 is 0 Å². The van der Waals surface area contributed by atoms with Crippen molar-refractivity contribution >= 4 is 5.91 Å². The SMILES string of the molecule is O=C(C1=CCCCO1)N1CC[C@@H](c2ccccc2)[C@@H](CO)C1. The Morgan fingerprint density at radius 1 is 1.32 bits per heavy atom. The molecule has 1 N–H and O–H groups in total. The molecule has 0 radical (unpaired) electrons. The maximum Gasteiger partial charge on any atom is 0.288 e. The van der Waals surface area contributed by atoms with Gasteiger partial charge in [0.05, 0.1) is 6.61 Å². The molecule has 0 bridgehead atoms. The molecule has 1 saturated heterocycles. The van der Waals surface area contributed by atoms with Crippen molar-refractivity contribution in [1.29, 1.82) is 0 Å². The first-order valence-corrected chi connectivity index (χ1v) is 8.07. The molecule has 0 aromatic heterocycles. The number of carbonyl (C=O) groups is 1. The Morgan fingerprint density at radius 2 is 2.14 bits per heavy atom. The number of piperidine rings is 1. The first kappa shape index (κ1) is 15.1. The van der Waals surface area contributed by atoms with Gasteiger partial charge in [-0.3, -0.25) is 4.79 Å². The smallest absolute Gasteiger partial charge is 0.288 e. The maximum absolute atomic E-state index is 12.5. The van der Waals surface area contributed by atoms with E-state index in [0.717, 1.165) is 25.8 Å². The summed E-state index contributed by atoms with van der Waals surface area (Å²) in [7, 11) is 0. The number of rotatable bonds is 3. The van der Waals surface area contributed by atoms with E-state index < -0.39 is 0 Å². The van der Waals surface area contributed by atoms with Gasteiger partial charge in [0.2, 0.25) is 0 Å². The molecule has 0 saturated carbocycles. The summed E-state index contributed by atoms with van der Waals surface area (Å²) in [5, 5.41) is 9.75. The minimum Gasteiger partial charge on any atom is -0.488 e. The van der Waals surface area contributed by atoms with Gasteiger partial charge in [-0.2, -0.15) is 0 Å². The summed E-state index contributed by atoms with van der Waals surface area (Å²) in [6.45, 7) is 2.04. The molecule has 0 spiro atoms. The van der Waals surface area contributed by atoms with Crippen molar-refractivity contribution in [2.75, 3.05) is 26.3 Å². The van der Waals surface area contributed by atoms with Crippen LogP contribution in [-0.2, 0) is 9.53 Å². The van der Waals surface area contributed by atoms with Crippen LogP contribution in [0.2, 0.25) is 0 Å². The normalized spacial score (nSPS) is 25.3. The van der Waals surface area contributed by atoms with Gasteiger partial charge in [0.15, 0.2) is 5.76 Å². The zero-order valence-electron chi connectivity index (χ0n) is 12.8. The molecule has 2 aliphatic heterocycles. The standard InChI is InChI=1S/C18H23NO3/c20-13-15-12-19(18(21)17-8-4-5-11-22-17)10-9-16(15)14-6-2-1-3-7-14/h1-3,6-8,15-16,20H,4-5,9-13H2/t15-,16+/m1/s1. The van der Waals surface area contributed by atoms with E-state index in [2.05, 4.69) is 12.1 Å². The topological polar surface area (TPSA) is 49.8 Å². The molecule has 3 rings (SSSR count). The quantitative estimate of drug-likeness (QED) is 0.932. The number of hydrogen-bond donors (Lipinski definition) is 1. The number of allylic oxidation sites excluding steroid dienone is 1. The van der Waals surface area contributed by atoms with E-state index in [-0.39, 0.29) is 18.4 Å². The number of aliphatic hydroxyl groups excluding tert-OH is 1. The molecule has 118 valence electrons. The molecule has 0 aliphatic carbocycles. The van der Waals surface area contributed by atoms with Crippen molar-refractivity contribution in [2.24, 2.45) is 5.92 Å². The maximum atomic E-state index is 12.5. The van der Waals surface area contributed by atoms with Gasteiger partial charge in [-0.25, -0.2) is 0 Å². The third kappa shape index (κ3) is 3.17. The summed E-state index contributed by atoms with van der Waals surface area (Å²) < 4.78 is 5.48. The number of carbonyl (C=O) groups excluding carboxylic acids is 1. The highest BCUT2D eigenvalue weighted by atomic mass is 16.5. The van der Waals surface area contributed by atoms with Crippen molar-refractivity contribution < 1.29 is 14.6 Å². The van der Waals surface area contributed by atoms with Crippen LogP contribution < -0.4 is 0 Å². The molecule has 1 fully saturated rings. The number of benzene rings is 1. The molecule has 4 nitrogen and oxygen atoms in total. The summed E-state index contributed by atoms with van der Waals surface area (Å²) in [4.78, 5) is 14.3. The van der Waals surface area contributed by atoms with Crippen LogP contribution in [0.5, 0.6) is 0 Å². The number of amides is 1. The number of hydrogen-bond acceptors (Lipinski definition) is 3. The minimum atomic E-state index is -0.0235. The van der Waals surface area contributed by atoms with Crippen LogP contribution in [0.1, 0.15) is 30.7 Å². The highest BCUT2D eigenvalue weighted by molar-refractivity contribution is 5.91. The van der Waals surface area contributed by atoms with Crippen LogP contribution in [0.4, 0.5) is 0 Å². The zero-order valence-corrected chi connectivity index (χ0v) is 12.8. The Hall–Kier alpha value is -1.81. The van der Waals surface area contributed by atoms with Crippen molar-refractivity contribution in [2.45, 2.75) is 25.2 Å². The fourth-order valence-corrected chi connectivity index (χ4v) is 3.40. The first-order valence-electron chi connectivity index (χ1n) is 8.07. The summed E-state index contributed by atoms with van der Waals surface area (Å²) in [6.07, 6.45) is 4.66. The molecule has 22 heavy (non-hydrogen) atoms. The molecule has 4 heteroatoms. The highest BCUT2D eigenvalue weighted by Gasteiger charge is 2.33. The number of aliphatic hydroxyl groups is 1. The van der Waals surface area contributed by atoms with Crippen LogP contribution in [0.25, 0.3) is 0 Å². The third-order valence-electron chi connectivity index (χ3n) is 4.63. The summed E-state index contributed by atoms with van der Waals surface area (Å²) in [5.74, 6) is 0.867. The Balaban J connectivity index is 1.69. The van der Waals surface area contributed by atoms with Crippen LogP contribution in [0, 0.1) is 5.92 Å². The lowest BCUT2D eigenvalue weighted by Crippen LogP contribution is -2.45. The van der Waals surface area contributed by atoms with Crippen molar-refractivity contribution in [3.8, 4) is 0 Å². The molecule has 2 atom stereocenters. The van der Waals surface area contributed by atoms with Crippen LogP contribution in [0.3, 0.4) is 0 Å². The van der Waals surface area contributed by atoms with Crippen LogP contribution in [-0.4, -0.2) is 42.2 Å². The molecule has 2 aliphatic rings. The largest absolute Gasteiger partial charge is 0.488 e. The van der Waals surface area contributed by atoms with E-state index in [1.165, 1.54) is 5.56 Å². The molecule has 1 aromatic carbocycles. The van der Waals surface area contributed by atoms with Gasteiger partial charge < -0.3 is 14.7 Å². The molecular weight excluding hydrogens is 278 g/mol. The highest BCUT2D eigenvalue weighted by Crippen LogP contribution is 2.33. The van der Waals surface area contributed by atoms with E-state index in [9.17, 15) is 9.90 Å². The lowest BCUT2D eigenvalue weighted by atomic mass is 9.81. The predicted octanol–water partition coefficient (Wildman–Crippen LogP) is 2.31. The second kappa shape index (κ2) is 6.97. The van der Waals surface area contributed by atoms with Gasteiger partial charge in [0.25, 0.3) is 5.91 Å². The van der Waals surface area contributed by atoms with E-state index >= 15 is 0 Å². The average Bonchev–Trinajstić information content (AvgIpc) is 2.62. The number of nitrogens with zero attached hydrogens (tertiary/aromatic N) is 1. The van der Waals surface area contributed by atoms with E-state index in [1.54, 1.807) is 0 Å². The van der Waals surface area contributed by atoms with Gasteiger partial charge in [-0.15, -0.1) is 0 Å². The molecule has 2 heterocycles. The fourth-order valence-electron chi connectivity index (χ4n) is 3.40. The second-order valence-corrected chi connectivity index (χ2v) is 6.06. The van der Waals surface area contributed by atoms with Gasteiger partial charge in [0, 0.05) is 25.6 Å². The Morgan fingerprint density at radius 3 is 2.82 bits per heavy atom. The van der Waals surface area contributed by atoms with Crippen molar-refractivity contribution in [3.63, 3.8) is 0 Å². The summed E-state index contributed by atoms with van der Waals surface area (Å²) in [5.41, 5.74) is 1.25. The Bertz CT molecular complexity index is 541. The number of ether oxygens (including phenoxy) is 1. The summed E-state index contributed by atoms with van der Waals surface area (Å²) in [6, 6.07) is 10.3. The molecular formula is C18H23NO3. The van der Waals surface area contributed by atoms with Crippen LogP contribution in [0.15, 0.2) is 42.2 Å². The van der Waals surface area contributed by atoms with Crippen molar-refractivity contribution in [1.82, 2.24) is 4.90 Å². The first-order chi connectivity index (χ1) is 10.8. The fraction of sp³-hybridized carbons (Fsp3) is 0.500. The van der Waals surface area contributed by atoms with E-state index in [0.29, 0.717) is 24.8 Å². The van der Waals surface area contributed by atoms with Gasteiger partial charge >= 0.3 is 0 Å². The minimum absolute atomic E-state index is 0.0235. The van der Waals surface area contributed by atoms with E-state index in [1.807, 2.05) is 29.2 Å². The second-order valence-electron chi connectivity index (χ2n) is 6.06. The molecule has 1 aromatic rings. The Labute approximate surface area is 131 Å². The number of likely N-dealkylation sites (tertiary alicyclic amines) is 1. The molecule has 1 amide bonds. The van der Waals surface area contributed by atoms with Gasteiger partial charge in [-0.1, -0.05) is 30.3 Å². The lowest BCUT2D eigenvalue weighted by molar-refractivity contribution is -0.133. The van der Waals surface area contributed by atoms with Gasteiger partial charge in [0.1, 0.15) is 0 Å². The predicted molar refractivity (Wildman–Crippen MR) is 84.2 cm³/mol. The average molecular weight is 301 g/mol. The monoisotopic (exact) mass is 301 g/mol.